The Morgan fingerprint density at radius 1 is 1.32 bits per heavy atom. The molecule has 1 aromatic rings. The van der Waals surface area contributed by atoms with Crippen LogP contribution in [-0.4, -0.2) is 42.9 Å². The Labute approximate surface area is 133 Å². The van der Waals surface area contributed by atoms with E-state index in [4.69, 9.17) is 9.47 Å². The lowest BCUT2D eigenvalue weighted by Crippen LogP contribution is -2.33. The van der Waals surface area contributed by atoms with Crippen molar-refractivity contribution in [1.29, 1.82) is 0 Å². The second kappa shape index (κ2) is 8.20. The number of methoxy groups -OCH3 is 2. The van der Waals surface area contributed by atoms with E-state index in [0.29, 0.717) is 12.6 Å². The molecule has 1 saturated carbocycles. The molecule has 2 rings (SSSR count). The van der Waals surface area contributed by atoms with Gasteiger partial charge in [-0.15, -0.1) is 6.58 Å². The summed E-state index contributed by atoms with van der Waals surface area (Å²) in [7, 11) is 3.29. The van der Waals surface area contributed by atoms with Crippen molar-refractivity contribution < 1.29 is 14.6 Å². The molecule has 4 heteroatoms. The Morgan fingerprint density at radius 3 is 2.64 bits per heavy atom. The van der Waals surface area contributed by atoms with Crippen molar-refractivity contribution in [3.63, 3.8) is 0 Å². The van der Waals surface area contributed by atoms with Crippen molar-refractivity contribution in [3.05, 3.63) is 36.4 Å². The van der Waals surface area contributed by atoms with Gasteiger partial charge in [0.1, 0.15) is 0 Å². The van der Waals surface area contributed by atoms with Crippen LogP contribution in [0.1, 0.15) is 31.2 Å². The minimum absolute atomic E-state index is 0.293. The summed E-state index contributed by atoms with van der Waals surface area (Å²) < 4.78 is 10.6. The third-order valence-corrected chi connectivity index (χ3v) is 4.05. The Bertz CT molecular complexity index is 485. The van der Waals surface area contributed by atoms with Gasteiger partial charge in [-0.05, 0) is 43.4 Å². The molecule has 1 aliphatic rings. The van der Waals surface area contributed by atoms with Crippen molar-refractivity contribution >= 4 is 0 Å². The Balaban J connectivity index is 2.00. The molecule has 0 bridgehead atoms. The molecule has 1 aromatic carbocycles. The van der Waals surface area contributed by atoms with E-state index in [-0.39, 0.29) is 6.10 Å². The first-order valence-electron chi connectivity index (χ1n) is 7.91. The van der Waals surface area contributed by atoms with Crippen LogP contribution >= 0.6 is 0 Å². The highest BCUT2D eigenvalue weighted by Gasteiger charge is 2.30. The third kappa shape index (κ3) is 4.75. The Kier molecular flexibility index (Phi) is 6.28. The van der Waals surface area contributed by atoms with Crippen LogP contribution in [0.4, 0.5) is 0 Å². The highest BCUT2D eigenvalue weighted by molar-refractivity contribution is 5.42. The van der Waals surface area contributed by atoms with Crippen LogP contribution in [0.5, 0.6) is 11.5 Å². The largest absolute Gasteiger partial charge is 0.493 e. The van der Waals surface area contributed by atoms with E-state index in [2.05, 4.69) is 17.5 Å². The molecule has 0 aromatic heterocycles. The molecule has 122 valence electrons. The summed E-state index contributed by atoms with van der Waals surface area (Å²) >= 11 is 0. The number of rotatable bonds is 10. The van der Waals surface area contributed by atoms with Gasteiger partial charge in [-0.2, -0.15) is 0 Å². The molecular weight excluding hydrogens is 278 g/mol. The number of ether oxygens (including phenoxy) is 2. The van der Waals surface area contributed by atoms with E-state index in [0.717, 1.165) is 30.9 Å². The topological polar surface area (TPSA) is 41.9 Å². The lowest BCUT2D eigenvalue weighted by Gasteiger charge is -2.25. The highest BCUT2D eigenvalue weighted by atomic mass is 16.5. The zero-order chi connectivity index (χ0) is 15.9. The number of nitrogens with zero attached hydrogens (tertiary/aromatic N) is 1. The number of aliphatic hydroxyl groups is 1. The van der Waals surface area contributed by atoms with Crippen molar-refractivity contribution in [2.45, 2.75) is 44.4 Å². The number of allylic oxidation sites excluding steroid dienone is 1. The predicted molar refractivity (Wildman–Crippen MR) is 88.4 cm³/mol. The fraction of sp³-hybridized carbons (Fsp3) is 0.556. The monoisotopic (exact) mass is 305 g/mol. The van der Waals surface area contributed by atoms with E-state index in [1.165, 1.54) is 18.4 Å². The van der Waals surface area contributed by atoms with Gasteiger partial charge >= 0.3 is 0 Å². The third-order valence-electron chi connectivity index (χ3n) is 4.05. The fourth-order valence-electron chi connectivity index (χ4n) is 2.67. The van der Waals surface area contributed by atoms with Gasteiger partial charge in [-0.3, -0.25) is 4.90 Å². The minimum Gasteiger partial charge on any atom is -0.493 e. The quantitative estimate of drug-likeness (QED) is 0.675. The lowest BCUT2D eigenvalue weighted by atomic mass is 10.1. The van der Waals surface area contributed by atoms with E-state index in [1.54, 1.807) is 14.2 Å². The van der Waals surface area contributed by atoms with E-state index in [9.17, 15) is 5.11 Å². The Morgan fingerprint density at radius 2 is 2.05 bits per heavy atom. The number of hydrogen-bond donors (Lipinski definition) is 1. The predicted octanol–water partition coefficient (Wildman–Crippen LogP) is 3.00. The first-order valence-corrected chi connectivity index (χ1v) is 7.91. The summed E-state index contributed by atoms with van der Waals surface area (Å²) in [6.45, 7) is 5.26. The van der Waals surface area contributed by atoms with Crippen LogP contribution in [0, 0.1) is 0 Å². The molecular formula is C18H27NO3. The highest BCUT2D eigenvalue weighted by Crippen LogP contribution is 2.31. The maximum Gasteiger partial charge on any atom is 0.161 e. The van der Waals surface area contributed by atoms with Crippen LogP contribution in [0.25, 0.3) is 0 Å². The van der Waals surface area contributed by atoms with Gasteiger partial charge in [0.05, 0.1) is 20.3 Å². The van der Waals surface area contributed by atoms with Crippen molar-refractivity contribution in [1.82, 2.24) is 4.90 Å². The van der Waals surface area contributed by atoms with Crippen LogP contribution in [0.3, 0.4) is 0 Å². The molecule has 1 atom stereocenters. The average molecular weight is 305 g/mol. The van der Waals surface area contributed by atoms with Crippen molar-refractivity contribution in [3.8, 4) is 11.5 Å². The van der Waals surface area contributed by atoms with Gasteiger partial charge < -0.3 is 14.6 Å². The number of hydrogen-bond acceptors (Lipinski definition) is 4. The average Bonchev–Trinajstić information content (AvgIpc) is 3.37. The van der Waals surface area contributed by atoms with Crippen LogP contribution in [0.15, 0.2) is 30.9 Å². The van der Waals surface area contributed by atoms with Crippen LogP contribution in [-0.2, 0) is 6.54 Å². The van der Waals surface area contributed by atoms with E-state index < -0.39 is 0 Å². The smallest absolute Gasteiger partial charge is 0.161 e. The van der Waals surface area contributed by atoms with Gasteiger partial charge in [0.25, 0.3) is 0 Å². The number of aliphatic hydroxyl groups excluding tert-OH is 1. The van der Waals surface area contributed by atoms with Gasteiger partial charge in [0.2, 0.25) is 0 Å². The van der Waals surface area contributed by atoms with E-state index in [1.807, 2.05) is 18.2 Å². The van der Waals surface area contributed by atoms with Gasteiger partial charge in [-0.25, -0.2) is 0 Å². The summed E-state index contributed by atoms with van der Waals surface area (Å²) in [5.74, 6) is 1.50. The summed E-state index contributed by atoms with van der Waals surface area (Å²) in [5, 5.41) is 10.2. The summed E-state index contributed by atoms with van der Waals surface area (Å²) in [4.78, 5) is 2.37. The molecule has 0 aliphatic heterocycles. The molecule has 0 amide bonds. The Hall–Kier alpha value is -1.52. The molecule has 22 heavy (non-hydrogen) atoms. The molecule has 0 saturated heterocycles. The summed E-state index contributed by atoms with van der Waals surface area (Å²) in [5.41, 5.74) is 1.18. The molecule has 1 N–H and O–H groups in total. The SMILES string of the molecule is C=CCCC(O)CN(Cc1ccc(OC)c(OC)c1)C1CC1. The first-order chi connectivity index (χ1) is 10.7. The van der Waals surface area contributed by atoms with Crippen LogP contribution < -0.4 is 9.47 Å². The van der Waals surface area contributed by atoms with Crippen molar-refractivity contribution in [2.24, 2.45) is 0 Å². The molecule has 0 spiro atoms. The molecule has 1 aliphatic carbocycles. The summed E-state index contributed by atoms with van der Waals surface area (Å²) in [6, 6.07) is 6.62. The van der Waals surface area contributed by atoms with Crippen LogP contribution in [0.2, 0.25) is 0 Å². The first kappa shape index (κ1) is 16.8. The number of benzene rings is 1. The van der Waals surface area contributed by atoms with Crippen molar-refractivity contribution in [2.75, 3.05) is 20.8 Å². The maximum absolute atomic E-state index is 10.2. The summed E-state index contributed by atoms with van der Waals surface area (Å²) in [6.07, 6.45) is 5.65. The molecule has 1 unspecified atom stereocenters. The molecule has 0 heterocycles. The zero-order valence-corrected chi connectivity index (χ0v) is 13.6. The normalized spacial score (nSPS) is 15.6. The molecule has 1 fully saturated rings. The minimum atomic E-state index is -0.293. The standard InChI is InChI=1S/C18H27NO3/c1-4-5-6-16(20)13-19(15-8-9-15)12-14-7-10-17(21-2)18(11-14)22-3/h4,7,10-11,15-16,20H,1,5-6,8-9,12-13H2,2-3H3. The molecule has 4 nitrogen and oxygen atoms in total. The fourth-order valence-corrected chi connectivity index (χ4v) is 2.67. The molecule has 0 radical (unpaired) electrons. The second-order valence-corrected chi connectivity index (χ2v) is 5.87. The van der Waals surface area contributed by atoms with E-state index >= 15 is 0 Å². The lowest BCUT2D eigenvalue weighted by molar-refractivity contribution is 0.0979. The second-order valence-electron chi connectivity index (χ2n) is 5.87. The van der Waals surface area contributed by atoms with Gasteiger partial charge in [-0.1, -0.05) is 12.1 Å². The maximum atomic E-state index is 10.2. The van der Waals surface area contributed by atoms with Gasteiger partial charge in [0.15, 0.2) is 11.5 Å². The van der Waals surface area contributed by atoms with Gasteiger partial charge in [0, 0.05) is 19.1 Å². The zero-order valence-electron chi connectivity index (χ0n) is 13.6.